The van der Waals surface area contributed by atoms with Crippen molar-refractivity contribution in [3.63, 3.8) is 0 Å². The maximum Gasteiger partial charge on any atom is 0.248 e. The van der Waals surface area contributed by atoms with E-state index in [0.717, 1.165) is 5.69 Å². The number of rotatable bonds is 7. The molecule has 2 aromatic carbocycles. The van der Waals surface area contributed by atoms with Crippen LogP contribution in [0.1, 0.15) is 17.3 Å². The molecule has 1 aromatic heterocycles. The number of aromatic nitrogens is 2. The van der Waals surface area contributed by atoms with E-state index in [4.69, 9.17) is 5.73 Å². The Bertz CT molecular complexity index is 928. The van der Waals surface area contributed by atoms with Gasteiger partial charge in [-0.25, -0.2) is 0 Å². The van der Waals surface area contributed by atoms with Crippen molar-refractivity contribution in [2.24, 2.45) is 5.73 Å². The van der Waals surface area contributed by atoms with Gasteiger partial charge in [0.2, 0.25) is 16.9 Å². The van der Waals surface area contributed by atoms with Crippen LogP contribution in [0.5, 0.6) is 0 Å². The van der Waals surface area contributed by atoms with Gasteiger partial charge in [0.05, 0.1) is 5.25 Å². The molecule has 4 N–H and O–H groups in total. The second-order valence-electron chi connectivity index (χ2n) is 5.56. The molecule has 27 heavy (non-hydrogen) atoms. The fourth-order valence-corrected chi connectivity index (χ4v) is 4.04. The maximum absolute atomic E-state index is 12.4. The number of carbonyl (C=O) groups excluding carboxylic acids is 2. The van der Waals surface area contributed by atoms with Gasteiger partial charge < -0.3 is 16.4 Å². The lowest BCUT2D eigenvalue weighted by molar-refractivity contribution is -0.115. The Morgan fingerprint density at radius 1 is 1.04 bits per heavy atom. The second kappa shape index (κ2) is 8.65. The Hall–Kier alpha value is -2.91. The molecule has 0 saturated carbocycles. The number of hydrogen-bond donors (Lipinski definition) is 3. The Morgan fingerprint density at radius 2 is 1.74 bits per heavy atom. The predicted molar refractivity (Wildman–Crippen MR) is 109 cm³/mol. The highest BCUT2D eigenvalue weighted by atomic mass is 32.2. The summed E-state index contributed by atoms with van der Waals surface area (Å²) in [6.45, 7) is 1.80. The van der Waals surface area contributed by atoms with Crippen LogP contribution in [-0.2, 0) is 4.79 Å². The number of nitrogens with two attached hydrogens (primary N) is 1. The van der Waals surface area contributed by atoms with Gasteiger partial charge >= 0.3 is 0 Å². The molecule has 0 aliphatic carbocycles. The van der Waals surface area contributed by atoms with Crippen LogP contribution in [0.2, 0.25) is 0 Å². The Labute approximate surface area is 164 Å². The Morgan fingerprint density at radius 3 is 2.41 bits per heavy atom. The number of benzene rings is 2. The zero-order valence-electron chi connectivity index (χ0n) is 14.4. The van der Waals surface area contributed by atoms with E-state index in [1.54, 1.807) is 31.2 Å². The molecule has 0 aliphatic rings. The highest BCUT2D eigenvalue weighted by molar-refractivity contribution is 8.02. The standard InChI is InChI=1S/C18H17N5O2S2/c1-11(16(25)20-14-9-7-12(8-10-14)15(19)24)26-18-23-22-17(27-18)21-13-5-3-2-4-6-13/h2-11H,1H3,(H2,19,24)(H,20,25)(H,21,22)/t11-/m1/s1. The molecule has 0 aliphatic heterocycles. The van der Waals surface area contributed by atoms with Crippen molar-refractivity contribution in [1.29, 1.82) is 0 Å². The highest BCUT2D eigenvalue weighted by Gasteiger charge is 2.17. The fraction of sp³-hybridized carbons (Fsp3) is 0.111. The molecule has 0 saturated heterocycles. The number of nitrogens with zero attached hydrogens (tertiary/aromatic N) is 2. The van der Waals surface area contributed by atoms with E-state index in [1.165, 1.54) is 23.1 Å². The molecule has 2 amide bonds. The number of thioether (sulfide) groups is 1. The first kappa shape index (κ1) is 18.9. The normalized spacial score (nSPS) is 11.6. The van der Waals surface area contributed by atoms with Crippen LogP contribution in [0.4, 0.5) is 16.5 Å². The molecule has 0 bridgehead atoms. The minimum Gasteiger partial charge on any atom is -0.366 e. The summed E-state index contributed by atoms with van der Waals surface area (Å²) in [6.07, 6.45) is 0. The van der Waals surface area contributed by atoms with Gasteiger partial charge in [0.25, 0.3) is 0 Å². The van der Waals surface area contributed by atoms with Gasteiger partial charge in [-0.15, -0.1) is 10.2 Å². The van der Waals surface area contributed by atoms with E-state index in [9.17, 15) is 9.59 Å². The van der Waals surface area contributed by atoms with Gasteiger partial charge in [-0.3, -0.25) is 9.59 Å². The van der Waals surface area contributed by atoms with Crippen LogP contribution in [0.3, 0.4) is 0 Å². The van der Waals surface area contributed by atoms with E-state index in [-0.39, 0.29) is 11.2 Å². The van der Waals surface area contributed by atoms with E-state index in [2.05, 4.69) is 20.8 Å². The van der Waals surface area contributed by atoms with Crippen molar-refractivity contribution in [2.45, 2.75) is 16.5 Å². The average molecular weight is 400 g/mol. The topological polar surface area (TPSA) is 110 Å². The van der Waals surface area contributed by atoms with Crippen molar-refractivity contribution in [1.82, 2.24) is 10.2 Å². The van der Waals surface area contributed by atoms with Crippen LogP contribution in [0, 0.1) is 0 Å². The van der Waals surface area contributed by atoms with Crippen LogP contribution >= 0.6 is 23.1 Å². The van der Waals surface area contributed by atoms with Crippen molar-refractivity contribution < 1.29 is 9.59 Å². The van der Waals surface area contributed by atoms with Crippen molar-refractivity contribution in [3.05, 3.63) is 60.2 Å². The van der Waals surface area contributed by atoms with E-state index >= 15 is 0 Å². The van der Waals surface area contributed by atoms with E-state index < -0.39 is 5.91 Å². The average Bonchev–Trinajstić information content (AvgIpc) is 3.09. The van der Waals surface area contributed by atoms with Crippen molar-refractivity contribution >= 4 is 51.4 Å². The third-order valence-electron chi connectivity index (χ3n) is 3.52. The lowest BCUT2D eigenvalue weighted by Crippen LogP contribution is -2.22. The Balaban J connectivity index is 1.56. The summed E-state index contributed by atoms with van der Waals surface area (Å²) in [5, 5.41) is 14.5. The number of carbonyl (C=O) groups is 2. The highest BCUT2D eigenvalue weighted by Crippen LogP contribution is 2.30. The van der Waals surface area contributed by atoms with Gasteiger partial charge in [0.15, 0.2) is 4.34 Å². The van der Waals surface area contributed by atoms with Gasteiger partial charge in [0.1, 0.15) is 0 Å². The predicted octanol–water partition coefficient (Wildman–Crippen LogP) is 3.50. The minimum absolute atomic E-state index is 0.167. The van der Waals surface area contributed by atoms with Crippen molar-refractivity contribution in [2.75, 3.05) is 10.6 Å². The summed E-state index contributed by atoms with van der Waals surface area (Å²) >= 11 is 2.71. The lowest BCUT2D eigenvalue weighted by atomic mass is 10.2. The zero-order valence-corrected chi connectivity index (χ0v) is 16.0. The van der Waals surface area contributed by atoms with Crippen LogP contribution in [0.15, 0.2) is 58.9 Å². The summed E-state index contributed by atoms with van der Waals surface area (Å²) in [6, 6.07) is 16.1. The number of hydrogen-bond acceptors (Lipinski definition) is 7. The molecular formula is C18H17N5O2S2. The molecule has 1 atom stereocenters. The summed E-state index contributed by atoms with van der Waals surface area (Å²) in [7, 11) is 0. The molecule has 0 fully saturated rings. The first-order valence-corrected chi connectivity index (χ1v) is 9.74. The number of para-hydroxylation sites is 1. The lowest BCUT2D eigenvalue weighted by Gasteiger charge is -2.10. The smallest absolute Gasteiger partial charge is 0.248 e. The number of primary amides is 1. The number of amides is 2. The molecule has 1 heterocycles. The summed E-state index contributed by atoms with van der Waals surface area (Å²) < 4.78 is 0.695. The zero-order chi connectivity index (χ0) is 19.2. The summed E-state index contributed by atoms with van der Waals surface area (Å²) in [4.78, 5) is 23.4. The third kappa shape index (κ3) is 5.28. The third-order valence-corrected chi connectivity index (χ3v) is 5.54. The molecule has 9 heteroatoms. The van der Waals surface area contributed by atoms with E-state index in [1.807, 2.05) is 30.3 Å². The largest absolute Gasteiger partial charge is 0.366 e. The molecule has 0 unspecified atom stereocenters. The number of anilines is 3. The first-order chi connectivity index (χ1) is 13.0. The van der Waals surface area contributed by atoms with Gasteiger partial charge in [-0.05, 0) is 43.3 Å². The van der Waals surface area contributed by atoms with Gasteiger partial charge in [-0.1, -0.05) is 41.3 Å². The van der Waals surface area contributed by atoms with Crippen LogP contribution in [0.25, 0.3) is 0 Å². The number of nitrogens with one attached hydrogen (secondary N) is 2. The van der Waals surface area contributed by atoms with Crippen LogP contribution in [-0.4, -0.2) is 27.3 Å². The second-order valence-corrected chi connectivity index (χ2v) is 8.12. The van der Waals surface area contributed by atoms with Gasteiger partial charge in [-0.2, -0.15) is 0 Å². The molecule has 3 aromatic rings. The molecule has 7 nitrogen and oxygen atoms in total. The molecule has 0 radical (unpaired) electrons. The molecule has 138 valence electrons. The van der Waals surface area contributed by atoms with Gasteiger partial charge in [0, 0.05) is 16.9 Å². The van der Waals surface area contributed by atoms with Crippen molar-refractivity contribution in [3.8, 4) is 0 Å². The van der Waals surface area contributed by atoms with E-state index in [0.29, 0.717) is 20.7 Å². The summed E-state index contributed by atoms with van der Waals surface area (Å²) in [5.74, 6) is -0.674. The Kier molecular flexibility index (Phi) is 6.05. The van der Waals surface area contributed by atoms with Crippen LogP contribution < -0.4 is 16.4 Å². The first-order valence-electron chi connectivity index (χ1n) is 8.04. The monoisotopic (exact) mass is 399 g/mol. The SMILES string of the molecule is C[C@@H](Sc1nnc(Nc2ccccc2)s1)C(=O)Nc1ccc(C(N)=O)cc1. The fourth-order valence-electron chi connectivity index (χ4n) is 2.12. The summed E-state index contributed by atoms with van der Waals surface area (Å²) in [5.41, 5.74) is 7.12. The molecule has 0 spiro atoms. The minimum atomic E-state index is -0.506. The molecule has 3 rings (SSSR count). The quantitative estimate of drug-likeness (QED) is 0.525. The molecular weight excluding hydrogens is 382 g/mol. The maximum atomic E-state index is 12.4.